The van der Waals surface area contributed by atoms with E-state index in [0.717, 1.165) is 5.01 Å². The Morgan fingerprint density at radius 2 is 0.659 bits per heavy atom. The number of anilines is 4. The van der Waals surface area contributed by atoms with E-state index in [4.69, 9.17) is 0 Å². The topological polar surface area (TPSA) is 265 Å². The van der Waals surface area contributed by atoms with E-state index in [0.29, 0.717) is 29.3 Å². The molecule has 20 heteroatoms. The highest BCUT2D eigenvalue weighted by Crippen LogP contribution is 2.52. The molecule has 4 aromatic carbocycles. The van der Waals surface area contributed by atoms with Gasteiger partial charge in [-0.05, 0) is 24.3 Å². The second kappa shape index (κ2) is 11.8. The Balaban J connectivity index is 2.35. The van der Waals surface area contributed by atoms with Crippen molar-refractivity contribution in [2.24, 2.45) is 0 Å². The Kier molecular flexibility index (Phi) is 7.99. The zero-order valence-electron chi connectivity index (χ0n) is 21.6. The Labute approximate surface area is 242 Å². The minimum Gasteiger partial charge on any atom is -0.258 e. The van der Waals surface area contributed by atoms with Gasteiger partial charge in [0.05, 0.1) is 65.2 Å². The Hall–Kier alpha value is -7.12. The number of nitro benzene ring substituents is 6. The number of hydrazine groups is 1. The third kappa shape index (κ3) is 5.56. The van der Waals surface area contributed by atoms with Crippen LogP contribution in [0, 0.1) is 60.7 Å². The van der Waals surface area contributed by atoms with Gasteiger partial charge >= 0.3 is 22.7 Å². The average molecular weight is 606 g/mol. The highest BCUT2D eigenvalue weighted by Gasteiger charge is 2.45. The number of benzene rings is 4. The van der Waals surface area contributed by atoms with Crippen LogP contribution in [0.1, 0.15) is 0 Å². The SMILES string of the molecule is O=[N+]([O-])c1cc([N+](=O)[O-])c(N(c2c([N+](=O)[O-])cc([N+](=O)[O-])cc2[N+](=O)[O-])N(c2ccccc2)c2ccccc2)c([N+](=O)[O-])c1. The molecule has 0 heterocycles. The lowest BCUT2D eigenvalue weighted by Crippen LogP contribution is -2.37. The molecule has 4 rings (SSSR count). The van der Waals surface area contributed by atoms with Crippen molar-refractivity contribution in [2.75, 3.05) is 10.0 Å². The van der Waals surface area contributed by atoms with Crippen LogP contribution in [0.25, 0.3) is 0 Å². The van der Waals surface area contributed by atoms with Gasteiger partial charge in [-0.2, -0.15) is 0 Å². The summed E-state index contributed by atoms with van der Waals surface area (Å²) in [6.07, 6.45) is 0. The lowest BCUT2D eigenvalue weighted by Gasteiger charge is -2.36. The van der Waals surface area contributed by atoms with Gasteiger partial charge in [-0.15, -0.1) is 0 Å². The average Bonchev–Trinajstić information content (AvgIpc) is 2.99. The molecular weight excluding hydrogens is 592 g/mol. The summed E-state index contributed by atoms with van der Waals surface area (Å²) < 4.78 is 0. The minimum atomic E-state index is -1.34. The Morgan fingerprint density at radius 1 is 0.386 bits per heavy atom. The molecule has 0 aliphatic carbocycles. The second-order valence-electron chi connectivity index (χ2n) is 8.50. The summed E-state index contributed by atoms with van der Waals surface area (Å²) >= 11 is 0. The number of hydrogen-bond acceptors (Lipinski definition) is 14. The van der Waals surface area contributed by atoms with Gasteiger partial charge in [0.15, 0.2) is 0 Å². The van der Waals surface area contributed by atoms with E-state index in [-0.39, 0.29) is 11.4 Å². The number of nitro groups is 6. The quantitative estimate of drug-likeness (QED) is 0.139. The molecule has 0 bridgehead atoms. The van der Waals surface area contributed by atoms with Crippen LogP contribution >= 0.6 is 0 Å². The van der Waals surface area contributed by atoms with Crippen LogP contribution in [-0.4, -0.2) is 29.5 Å². The molecule has 20 nitrogen and oxygen atoms in total. The van der Waals surface area contributed by atoms with Gasteiger partial charge < -0.3 is 0 Å². The summed E-state index contributed by atoms with van der Waals surface area (Å²) in [5, 5.41) is 73.8. The first-order chi connectivity index (χ1) is 20.8. The summed E-state index contributed by atoms with van der Waals surface area (Å²) in [5.41, 5.74) is -9.94. The zero-order valence-corrected chi connectivity index (χ0v) is 21.6. The van der Waals surface area contributed by atoms with Crippen LogP contribution in [-0.2, 0) is 0 Å². The van der Waals surface area contributed by atoms with Crippen molar-refractivity contribution >= 4 is 56.9 Å². The lowest BCUT2D eigenvalue weighted by molar-refractivity contribution is -0.402. The smallest absolute Gasteiger partial charge is 0.258 e. The largest absolute Gasteiger partial charge is 0.308 e. The summed E-state index contributed by atoms with van der Waals surface area (Å²) in [6, 6.07) is 15.6. The number of para-hydroxylation sites is 2. The molecule has 44 heavy (non-hydrogen) atoms. The highest BCUT2D eigenvalue weighted by molar-refractivity contribution is 5.94. The number of rotatable bonds is 11. The maximum Gasteiger partial charge on any atom is 0.308 e. The van der Waals surface area contributed by atoms with Crippen molar-refractivity contribution in [1.29, 1.82) is 0 Å². The van der Waals surface area contributed by atoms with E-state index in [2.05, 4.69) is 0 Å². The van der Waals surface area contributed by atoms with Crippen LogP contribution < -0.4 is 10.0 Å². The van der Waals surface area contributed by atoms with E-state index in [1.807, 2.05) is 0 Å². The Bertz CT molecular complexity index is 1650. The van der Waals surface area contributed by atoms with E-state index in [1.165, 1.54) is 60.7 Å². The molecule has 0 aliphatic heterocycles. The molecule has 0 atom stereocenters. The van der Waals surface area contributed by atoms with Gasteiger partial charge in [0.25, 0.3) is 11.4 Å². The van der Waals surface area contributed by atoms with E-state index >= 15 is 0 Å². The van der Waals surface area contributed by atoms with Gasteiger partial charge in [0.1, 0.15) is 0 Å². The third-order valence-electron chi connectivity index (χ3n) is 5.94. The maximum absolute atomic E-state index is 12.3. The van der Waals surface area contributed by atoms with Crippen LogP contribution in [0.5, 0.6) is 0 Å². The molecule has 222 valence electrons. The number of hydrogen-bond donors (Lipinski definition) is 0. The van der Waals surface area contributed by atoms with Gasteiger partial charge in [-0.3, -0.25) is 60.7 Å². The molecule has 0 aliphatic rings. The standard InChI is InChI=1S/C24H14N8O12/c33-27(34)17-11-19(29(37)38)23(20(12-17)30(39)40)26(25(15-7-3-1-4-8-15)16-9-5-2-6-10-16)24-21(31(41)42)13-18(28(35)36)14-22(24)32(43)44/h1-14H. The predicted molar refractivity (Wildman–Crippen MR) is 150 cm³/mol. The molecule has 0 amide bonds. The molecule has 4 aromatic rings. The molecule has 0 aromatic heterocycles. The molecule has 0 spiro atoms. The maximum atomic E-state index is 12.3. The fraction of sp³-hybridized carbons (Fsp3) is 0. The molecule has 0 unspecified atom stereocenters. The van der Waals surface area contributed by atoms with E-state index in [1.54, 1.807) is 0 Å². The summed E-state index contributed by atoms with van der Waals surface area (Å²) in [4.78, 5) is 65.2. The fourth-order valence-corrected chi connectivity index (χ4v) is 4.21. The third-order valence-corrected chi connectivity index (χ3v) is 5.94. The fourth-order valence-electron chi connectivity index (χ4n) is 4.21. The van der Waals surface area contributed by atoms with Gasteiger partial charge in [-0.1, -0.05) is 36.4 Å². The first-order valence-electron chi connectivity index (χ1n) is 11.8. The van der Waals surface area contributed by atoms with Crippen molar-refractivity contribution in [2.45, 2.75) is 0 Å². The molecule has 0 fully saturated rings. The van der Waals surface area contributed by atoms with Crippen molar-refractivity contribution in [3.63, 3.8) is 0 Å². The number of nitrogens with zero attached hydrogens (tertiary/aromatic N) is 8. The van der Waals surface area contributed by atoms with Crippen molar-refractivity contribution in [3.05, 3.63) is 146 Å². The minimum absolute atomic E-state index is 0.0115. The normalized spacial score (nSPS) is 10.5. The molecule has 0 saturated heterocycles. The highest BCUT2D eigenvalue weighted by atomic mass is 16.6. The first kappa shape index (κ1) is 29.9. The summed E-state index contributed by atoms with van der Waals surface area (Å²) in [7, 11) is 0. The first-order valence-corrected chi connectivity index (χ1v) is 11.8. The monoisotopic (exact) mass is 606 g/mol. The van der Waals surface area contributed by atoms with Crippen LogP contribution in [0.2, 0.25) is 0 Å². The molecule has 0 radical (unpaired) electrons. The van der Waals surface area contributed by atoms with Crippen LogP contribution in [0.4, 0.5) is 56.9 Å². The van der Waals surface area contributed by atoms with E-state index < -0.39 is 75.0 Å². The van der Waals surface area contributed by atoms with Crippen molar-refractivity contribution in [3.8, 4) is 0 Å². The molecule has 0 saturated carbocycles. The molecular formula is C24H14N8O12. The summed E-state index contributed by atoms with van der Waals surface area (Å²) in [5.74, 6) is 0. The van der Waals surface area contributed by atoms with Crippen LogP contribution in [0.3, 0.4) is 0 Å². The van der Waals surface area contributed by atoms with Crippen LogP contribution in [0.15, 0.2) is 84.9 Å². The number of non-ortho nitro benzene ring substituents is 2. The zero-order chi connectivity index (χ0) is 32.3. The van der Waals surface area contributed by atoms with Gasteiger partial charge in [0, 0.05) is 0 Å². The van der Waals surface area contributed by atoms with Gasteiger partial charge in [-0.25, -0.2) is 10.0 Å². The molecule has 0 N–H and O–H groups in total. The Morgan fingerprint density at radius 3 is 0.886 bits per heavy atom. The predicted octanol–water partition coefficient (Wildman–Crippen LogP) is 6.03. The van der Waals surface area contributed by atoms with E-state index in [9.17, 15) is 60.7 Å². The second-order valence-corrected chi connectivity index (χ2v) is 8.50. The van der Waals surface area contributed by atoms with Crippen molar-refractivity contribution < 1.29 is 29.5 Å². The van der Waals surface area contributed by atoms with Gasteiger partial charge in [0.2, 0.25) is 11.4 Å². The lowest BCUT2D eigenvalue weighted by atomic mass is 10.1. The van der Waals surface area contributed by atoms with Crippen molar-refractivity contribution in [1.82, 2.24) is 0 Å². The summed E-state index contributed by atoms with van der Waals surface area (Å²) in [6.45, 7) is 0.